The van der Waals surface area contributed by atoms with E-state index in [2.05, 4.69) is 26.8 Å². The molecule has 1 aliphatic heterocycles. The fourth-order valence-corrected chi connectivity index (χ4v) is 2.12. The molecule has 0 aliphatic carbocycles. The monoisotopic (exact) mass is 208 g/mol. The molecule has 1 aliphatic rings. The zero-order valence-corrected chi connectivity index (χ0v) is 9.86. The van der Waals surface area contributed by atoms with Gasteiger partial charge in [-0.15, -0.1) is 0 Å². The van der Waals surface area contributed by atoms with Gasteiger partial charge in [-0.25, -0.2) is 0 Å². The van der Waals surface area contributed by atoms with E-state index in [0.717, 1.165) is 12.8 Å². The van der Waals surface area contributed by atoms with Crippen LogP contribution in [0.3, 0.4) is 0 Å². The summed E-state index contributed by atoms with van der Waals surface area (Å²) in [5.41, 5.74) is 0. The molecular formula is C12H20N2O. The van der Waals surface area contributed by atoms with E-state index in [1.54, 1.807) is 0 Å². The summed E-state index contributed by atoms with van der Waals surface area (Å²) in [4.78, 5) is 13.5. The van der Waals surface area contributed by atoms with E-state index in [0.29, 0.717) is 18.9 Å². The second-order valence-corrected chi connectivity index (χ2v) is 4.67. The molecule has 1 saturated heterocycles. The van der Waals surface area contributed by atoms with Crippen LogP contribution in [-0.2, 0) is 4.79 Å². The van der Waals surface area contributed by atoms with E-state index in [1.807, 2.05) is 4.90 Å². The molecular weight excluding hydrogens is 188 g/mol. The highest BCUT2D eigenvalue weighted by Gasteiger charge is 2.32. The van der Waals surface area contributed by atoms with Gasteiger partial charge in [0.05, 0.1) is 12.0 Å². The van der Waals surface area contributed by atoms with Crippen molar-refractivity contribution in [2.24, 2.45) is 11.8 Å². The summed E-state index contributed by atoms with van der Waals surface area (Å²) >= 11 is 0. The average molecular weight is 208 g/mol. The number of carbonyl (C=O) groups is 1. The van der Waals surface area contributed by atoms with Crippen molar-refractivity contribution in [3.63, 3.8) is 0 Å². The molecule has 3 heteroatoms. The quantitative estimate of drug-likeness (QED) is 0.710. The third kappa shape index (κ3) is 2.95. The van der Waals surface area contributed by atoms with Crippen LogP contribution in [0.5, 0.6) is 0 Å². The molecule has 0 aromatic rings. The molecule has 3 unspecified atom stereocenters. The van der Waals surface area contributed by atoms with Crippen molar-refractivity contribution in [1.29, 1.82) is 5.26 Å². The van der Waals surface area contributed by atoms with Crippen LogP contribution in [0.2, 0.25) is 0 Å². The Bertz CT molecular complexity index is 269. The van der Waals surface area contributed by atoms with Crippen molar-refractivity contribution in [3.05, 3.63) is 0 Å². The lowest BCUT2D eigenvalue weighted by Gasteiger charge is -2.26. The van der Waals surface area contributed by atoms with Gasteiger partial charge in [-0.2, -0.15) is 5.26 Å². The Morgan fingerprint density at radius 2 is 2.27 bits per heavy atom. The molecule has 0 N–H and O–H groups in total. The Kier molecular flexibility index (Phi) is 4.14. The molecule has 15 heavy (non-hydrogen) atoms. The normalized spacial score (nSPS) is 25.1. The standard InChI is InChI=1S/C12H20N2O/c1-4-9(2)5-10(3)14-8-11(7-13)6-12(14)15/h9-11H,4-6,8H2,1-3H3. The summed E-state index contributed by atoms with van der Waals surface area (Å²) in [6.45, 7) is 7.09. The number of hydrogen-bond donors (Lipinski definition) is 0. The van der Waals surface area contributed by atoms with Crippen LogP contribution >= 0.6 is 0 Å². The first-order valence-electron chi connectivity index (χ1n) is 5.77. The summed E-state index contributed by atoms with van der Waals surface area (Å²) in [7, 11) is 0. The molecule has 1 amide bonds. The maximum Gasteiger partial charge on any atom is 0.224 e. The Hall–Kier alpha value is -1.04. The maximum absolute atomic E-state index is 11.6. The molecule has 0 saturated carbocycles. The van der Waals surface area contributed by atoms with Crippen LogP contribution in [0.25, 0.3) is 0 Å². The second-order valence-electron chi connectivity index (χ2n) is 4.67. The zero-order valence-electron chi connectivity index (χ0n) is 9.86. The van der Waals surface area contributed by atoms with Gasteiger partial charge in [-0.1, -0.05) is 20.3 Å². The maximum atomic E-state index is 11.6. The van der Waals surface area contributed by atoms with Gasteiger partial charge >= 0.3 is 0 Å². The highest BCUT2D eigenvalue weighted by molar-refractivity contribution is 5.79. The lowest BCUT2D eigenvalue weighted by molar-refractivity contribution is -0.129. The third-order valence-electron chi connectivity index (χ3n) is 3.31. The van der Waals surface area contributed by atoms with Gasteiger partial charge in [0, 0.05) is 19.0 Å². The molecule has 3 nitrogen and oxygen atoms in total. The van der Waals surface area contributed by atoms with Crippen molar-refractivity contribution in [3.8, 4) is 6.07 Å². The summed E-state index contributed by atoms with van der Waals surface area (Å²) in [5.74, 6) is 0.711. The van der Waals surface area contributed by atoms with E-state index >= 15 is 0 Å². The molecule has 0 aromatic heterocycles. The Balaban J connectivity index is 2.50. The number of nitrogens with zero attached hydrogens (tertiary/aromatic N) is 2. The van der Waals surface area contributed by atoms with Crippen molar-refractivity contribution in [2.45, 2.75) is 46.1 Å². The molecule has 0 radical (unpaired) electrons. The number of carbonyl (C=O) groups excluding carboxylic acids is 1. The SMILES string of the molecule is CCC(C)CC(C)N1CC(C#N)CC1=O. The Morgan fingerprint density at radius 3 is 2.73 bits per heavy atom. The predicted octanol–water partition coefficient (Wildman–Crippen LogP) is 2.18. The van der Waals surface area contributed by atoms with Crippen molar-refractivity contribution < 1.29 is 4.79 Å². The topological polar surface area (TPSA) is 44.1 Å². The Labute approximate surface area is 92.1 Å². The molecule has 1 fully saturated rings. The van der Waals surface area contributed by atoms with Gasteiger partial charge in [-0.05, 0) is 19.3 Å². The lowest BCUT2D eigenvalue weighted by Crippen LogP contribution is -2.35. The van der Waals surface area contributed by atoms with Crippen LogP contribution in [0.15, 0.2) is 0 Å². The van der Waals surface area contributed by atoms with E-state index in [1.165, 1.54) is 0 Å². The molecule has 3 atom stereocenters. The van der Waals surface area contributed by atoms with E-state index in [9.17, 15) is 4.79 Å². The number of nitriles is 1. The molecule has 0 bridgehead atoms. The van der Waals surface area contributed by atoms with E-state index in [-0.39, 0.29) is 17.9 Å². The van der Waals surface area contributed by atoms with Crippen molar-refractivity contribution in [1.82, 2.24) is 4.90 Å². The molecule has 84 valence electrons. The minimum atomic E-state index is -0.0862. The largest absolute Gasteiger partial charge is 0.339 e. The highest BCUT2D eigenvalue weighted by Crippen LogP contribution is 2.23. The van der Waals surface area contributed by atoms with Crippen LogP contribution in [0.4, 0.5) is 0 Å². The number of amides is 1. The number of hydrogen-bond acceptors (Lipinski definition) is 2. The van der Waals surface area contributed by atoms with Gasteiger partial charge in [0.15, 0.2) is 0 Å². The minimum Gasteiger partial charge on any atom is -0.339 e. The van der Waals surface area contributed by atoms with E-state index in [4.69, 9.17) is 5.26 Å². The minimum absolute atomic E-state index is 0.0862. The van der Waals surface area contributed by atoms with Crippen LogP contribution in [0.1, 0.15) is 40.0 Å². The first-order chi connectivity index (χ1) is 7.08. The van der Waals surface area contributed by atoms with Crippen LogP contribution < -0.4 is 0 Å². The molecule has 1 heterocycles. The number of likely N-dealkylation sites (tertiary alicyclic amines) is 1. The lowest BCUT2D eigenvalue weighted by atomic mass is 9.99. The van der Waals surface area contributed by atoms with Gasteiger partial charge in [0.25, 0.3) is 0 Å². The molecule has 0 spiro atoms. The van der Waals surface area contributed by atoms with Gasteiger partial charge in [0.1, 0.15) is 0 Å². The predicted molar refractivity (Wildman–Crippen MR) is 59.0 cm³/mol. The van der Waals surface area contributed by atoms with Crippen molar-refractivity contribution in [2.75, 3.05) is 6.54 Å². The van der Waals surface area contributed by atoms with Gasteiger partial charge < -0.3 is 4.90 Å². The average Bonchev–Trinajstić information content (AvgIpc) is 2.59. The summed E-state index contributed by atoms with van der Waals surface area (Å²) in [6.07, 6.45) is 2.61. The summed E-state index contributed by atoms with van der Waals surface area (Å²) in [6, 6.07) is 2.47. The fourth-order valence-electron chi connectivity index (χ4n) is 2.12. The zero-order chi connectivity index (χ0) is 11.4. The van der Waals surface area contributed by atoms with Gasteiger partial charge in [0.2, 0.25) is 5.91 Å². The van der Waals surface area contributed by atoms with E-state index < -0.39 is 0 Å². The summed E-state index contributed by atoms with van der Waals surface area (Å²) < 4.78 is 0. The first kappa shape index (κ1) is 12.0. The van der Waals surface area contributed by atoms with Gasteiger partial charge in [-0.3, -0.25) is 4.79 Å². The summed E-state index contributed by atoms with van der Waals surface area (Å²) in [5, 5.41) is 8.78. The molecule has 1 rings (SSSR count). The third-order valence-corrected chi connectivity index (χ3v) is 3.31. The van der Waals surface area contributed by atoms with Crippen LogP contribution in [0, 0.1) is 23.2 Å². The fraction of sp³-hybridized carbons (Fsp3) is 0.833. The molecule has 0 aromatic carbocycles. The Morgan fingerprint density at radius 1 is 1.60 bits per heavy atom. The second kappa shape index (κ2) is 5.16. The number of rotatable bonds is 4. The highest BCUT2D eigenvalue weighted by atomic mass is 16.2. The van der Waals surface area contributed by atoms with Crippen molar-refractivity contribution >= 4 is 5.91 Å². The van der Waals surface area contributed by atoms with Crippen LogP contribution in [-0.4, -0.2) is 23.4 Å². The smallest absolute Gasteiger partial charge is 0.224 e. The first-order valence-corrected chi connectivity index (χ1v) is 5.77.